The van der Waals surface area contributed by atoms with E-state index in [2.05, 4.69) is 76.0 Å². The summed E-state index contributed by atoms with van der Waals surface area (Å²) < 4.78 is 0. The Bertz CT molecular complexity index is 381. The molecule has 0 N–H and O–H groups in total. The molecule has 6 rings (SSSR count). The first-order valence-corrected chi connectivity index (χ1v) is 15.8. The normalized spacial score (nSPS) is 17.0. The van der Waals surface area contributed by atoms with E-state index in [1.807, 2.05) is 193 Å². The summed E-state index contributed by atoms with van der Waals surface area (Å²) in [7, 11) is 16.7. The molecule has 0 atom stereocenters. The van der Waals surface area contributed by atoms with Crippen molar-refractivity contribution in [3.05, 3.63) is 193 Å². The van der Waals surface area contributed by atoms with Crippen LogP contribution in [0.2, 0.25) is 0 Å². The van der Waals surface area contributed by atoms with Gasteiger partial charge in [0.15, 0.2) is 0 Å². The first-order valence-electron chi connectivity index (χ1n) is 15.8. The minimum atomic E-state index is 0. The molecule has 0 aliphatic heterocycles. The standard InChI is InChI=1S/2C6H16N2.6C5H5.3Fe.2Li.2Mn/c2*1-7(2)5-6-8(3)4;6*1-2-4-5-3-1;;;;;;;/h2*5-6H2,1-4H3;6*1-5H;;;;;;;/q;;6*-1;3*+2;2*+1;2*+2. The minimum absolute atomic E-state index is 0. The molecule has 6 aliphatic carbocycles. The Kier molecular flexibility index (Phi) is 98.3. The molecule has 6 fully saturated rings. The van der Waals surface area contributed by atoms with Gasteiger partial charge in [0.1, 0.15) is 0 Å². The van der Waals surface area contributed by atoms with Crippen LogP contribution in [0, 0.1) is 193 Å². The van der Waals surface area contributed by atoms with Gasteiger partial charge in [-0.25, -0.2) is 0 Å². The third kappa shape index (κ3) is 84.1. The van der Waals surface area contributed by atoms with E-state index in [9.17, 15) is 0 Å². The maximum absolute atomic E-state index is 2.18. The fourth-order valence-electron chi connectivity index (χ4n) is 2.72. The van der Waals surface area contributed by atoms with Crippen molar-refractivity contribution in [2.45, 2.75) is 0 Å². The van der Waals surface area contributed by atoms with Gasteiger partial charge in [-0.1, -0.05) is 77.0 Å². The van der Waals surface area contributed by atoms with Gasteiger partial charge >= 0.3 is 123 Å². The number of nitrogens with zero attached hydrogens (tertiary/aromatic N) is 4. The Balaban J connectivity index is -0.0000000588. The van der Waals surface area contributed by atoms with Crippen molar-refractivity contribution in [1.29, 1.82) is 0 Å². The largest absolute Gasteiger partial charge is 2.00 e. The predicted molar refractivity (Wildman–Crippen MR) is 203 cm³/mol. The zero-order chi connectivity index (χ0) is 34.4. The van der Waals surface area contributed by atoms with Crippen LogP contribution in [0.3, 0.4) is 0 Å². The summed E-state index contributed by atoms with van der Waals surface area (Å²) in [4.78, 5) is 8.72. The molecule has 284 valence electrons. The van der Waals surface area contributed by atoms with E-state index in [-0.39, 0.29) is 123 Å². The summed E-state index contributed by atoms with van der Waals surface area (Å²) in [6.07, 6.45) is 60.0. The van der Waals surface area contributed by atoms with E-state index in [1.54, 1.807) is 0 Å². The topological polar surface area (TPSA) is 13.0 Å². The molecule has 0 bridgehead atoms. The molecule has 6 aliphatic rings. The van der Waals surface area contributed by atoms with Crippen LogP contribution in [0.5, 0.6) is 0 Å². The summed E-state index contributed by atoms with van der Waals surface area (Å²) >= 11 is 0. The molecule has 0 unspecified atom stereocenters. The maximum atomic E-state index is 2.18. The SMILES string of the molecule is CN(C)CCN(C)C.CN(C)CCN(C)C.[CH]1[CH][CH][CH-][CH]1.[CH]1[CH][CH][CH-][CH]1.[CH]1[CH][CH][CH-][CH]1.[CH]1[CH][CH][CH-][CH]1.[CH]1[CH][CH][CH-][CH]1.[CH]1[CH][CH][CH-][CH]1.[Fe+2].[Fe+2].[Fe+2].[Li+].[Li+].[Mn+2].[Mn+2]. The van der Waals surface area contributed by atoms with E-state index < -0.39 is 0 Å². The number of hydrogen-bond donors (Lipinski definition) is 0. The number of hydrogen-bond acceptors (Lipinski definition) is 4. The minimum Gasteiger partial charge on any atom is -0.326 e. The molecule has 0 aromatic heterocycles. The van der Waals surface area contributed by atoms with E-state index in [0.717, 1.165) is 26.2 Å². The van der Waals surface area contributed by atoms with E-state index in [4.69, 9.17) is 0 Å². The zero-order valence-electron chi connectivity index (χ0n) is 33.8. The van der Waals surface area contributed by atoms with Crippen LogP contribution in [0.15, 0.2) is 0 Å². The molecule has 0 aromatic rings. The first kappa shape index (κ1) is 77.3. The average Bonchev–Trinajstić information content (AvgIpc) is 3.90. The summed E-state index contributed by atoms with van der Waals surface area (Å²) in [5.41, 5.74) is 0. The van der Waals surface area contributed by atoms with Gasteiger partial charge in [0.05, 0.1) is 0 Å². The maximum Gasteiger partial charge on any atom is 2.00 e. The molecule has 53 heavy (non-hydrogen) atoms. The molecule has 0 aromatic carbocycles. The molecular weight excluding hydrogens is 852 g/mol. The van der Waals surface area contributed by atoms with Crippen LogP contribution in [0.1, 0.15) is 0 Å². The smallest absolute Gasteiger partial charge is 0.326 e. The molecule has 0 heterocycles. The molecule has 0 spiro atoms. The summed E-state index contributed by atoms with van der Waals surface area (Å²) in [5.74, 6) is 0. The van der Waals surface area contributed by atoms with Gasteiger partial charge in [0, 0.05) is 26.2 Å². The van der Waals surface area contributed by atoms with Gasteiger partial charge < -0.3 is 58.1 Å². The van der Waals surface area contributed by atoms with Gasteiger partial charge in [-0.05, 0) is 56.4 Å². The predicted octanol–water partition coefficient (Wildman–Crippen LogP) is 0.343. The van der Waals surface area contributed by atoms with Crippen LogP contribution in [-0.2, 0) is 85.3 Å². The van der Waals surface area contributed by atoms with Crippen molar-refractivity contribution in [3.63, 3.8) is 0 Å². The molecular formula is C42H62Fe3Li2Mn2N4+6. The number of likely N-dealkylation sites (N-methyl/N-ethyl adjacent to an activating group) is 4. The van der Waals surface area contributed by atoms with Crippen LogP contribution in [0.4, 0.5) is 0 Å². The fraction of sp³-hybridized carbons (Fsp3) is 0.286. The molecule has 11 heteroatoms. The van der Waals surface area contributed by atoms with Gasteiger partial charge in [-0.3, -0.25) is 0 Å². The van der Waals surface area contributed by atoms with Crippen molar-refractivity contribution < 1.29 is 123 Å². The Morgan fingerprint density at radius 1 is 0.264 bits per heavy atom. The monoisotopic (exact) mass is 914 g/mol. The molecule has 6 saturated carbocycles. The average molecular weight is 914 g/mol. The van der Waals surface area contributed by atoms with Crippen LogP contribution < -0.4 is 37.7 Å². The van der Waals surface area contributed by atoms with Crippen molar-refractivity contribution >= 4 is 0 Å². The van der Waals surface area contributed by atoms with Crippen molar-refractivity contribution in [2.75, 3.05) is 82.6 Å². The Hall–Kier alpha value is 3.63. The van der Waals surface area contributed by atoms with Crippen LogP contribution >= 0.6 is 0 Å². The second kappa shape index (κ2) is 67.4. The van der Waals surface area contributed by atoms with Gasteiger partial charge in [-0.2, -0.15) is 77.0 Å². The van der Waals surface area contributed by atoms with Gasteiger partial charge in [0.25, 0.3) is 0 Å². The summed E-state index contributed by atoms with van der Waals surface area (Å²) in [6, 6.07) is 0. The fourth-order valence-corrected chi connectivity index (χ4v) is 2.72. The van der Waals surface area contributed by atoms with Crippen molar-refractivity contribution in [1.82, 2.24) is 19.6 Å². The summed E-state index contributed by atoms with van der Waals surface area (Å²) in [6.45, 7) is 4.58. The van der Waals surface area contributed by atoms with Gasteiger partial charge in [-0.15, -0.1) is 0 Å². The Labute approximate surface area is 413 Å². The van der Waals surface area contributed by atoms with Crippen LogP contribution in [0.25, 0.3) is 0 Å². The molecule has 0 amide bonds. The number of rotatable bonds is 6. The van der Waals surface area contributed by atoms with E-state index >= 15 is 0 Å². The van der Waals surface area contributed by atoms with Crippen LogP contribution in [-0.4, -0.2) is 102 Å². The first-order chi connectivity index (χ1) is 22.3. The summed E-state index contributed by atoms with van der Waals surface area (Å²) in [5, 5.41) is 0. The third-order valence-electron chi connectivity index (χ3n) is 5.32. The third-order valence-corrected chi connectivity index (χ3v) is 5.32. The second-order valence-corrected chi connectivity index (χ2v) is 11.0. The molecule has 4 nitrogen and oxygen atoms in total. The molecule has 26 radical (unpaired) electrons. The molecule has 0 saturated heterocycles. The quantitative estimate of drug-likeness (QED) is 0.282. The van der Waals surface area contributed by atoms with E-state index in [0.29, 0.717) is 0 Å². The van der Waals surface area contributed by atoms with E-state index in [1.165, 1.54) is 0 Å². The van der Waals surface area contributed by atoms with Gasteiger partial charge in [0.2, 0.25) is 0 Å². The van der Waals surface area contributed by atoms with Crippen molar-refractivity contribution in [3.8, 4) is 0 Å². The Morgan fingerprint density at radius 2 is 0.358 bits per heavy atom. The second-order valence-electron chi connectivity index (χ2n) is 11.0. The van der Waals surface area contributed by atoms with Crippen molar-refractivity contribution in [2.24, 2.45) is 0 Å². The zero-order valence-corrected chi connectivity index (χ0v) is 39.4. The Morgan fingerprint density at radius 3 is 0.396 bits per heavy atom.